The van der Waals surface area contributed by atoms with Crippen LogP contribution in [0, 0.1) is 5.92 Å². The van der Waals surface area contributed by atoms with E-state index in [-0.39, 0.29) is 5.54 Å². The summed E-state index contributed by atoms with van der Waals surface area (Å²) in [4.78, 5) is 19.5. The van der Waals surface area contributed by atoms with Gasteiger partial charge >= 0.3 is 0 Å². The first-order chi connectivity index (χ1) is 9.52. The lowest BCUT2D eigenvalue weighted by Crippen LogP contribution is -2.55. The van der Waals surface area contributed by atoms with Crippen LogP contribution in [-0.4, -0.2) is 22.4 Å². The molecule has 0 spiro atoms. The Morgan fingerprint density at radius 3 is 2.80 bits per heavy atom. The number of carbonyl (C=O) groups excluding carboxylic acids is 1. The number of rotatable bonds is 4. The number of imidazole rings is 1. The highest BCUT2D eigenvalue weighted by molar-refractivity contribution is 6.04. The monoisotopic (exact) mass is 272 g/mol. The van der Waals surface area contributed by atoms with Gasteiger partial charge in [-0.1, -0.05) is 19.9 Å². The van der Waals surface area contributed by atoms with Gasteiger partial charge in [0.05, 0.1) is 16.6 Å². The van der Waals surface area contributed by atoms with Crippen molar-refractivity contribution in [2.45, 2.75) is 32.2 Å². The Labute approximate surface area is 118 Å². The molecule has 0 bridgehead atoms. The van der Waals surface area contributed by atoms with Gasteiger partial charge in [-0.15, -0.1) is 0 Å². The zero-order valence-electron chi connectivity index (χ0n) is 11.9. The van der Waals surface area contributed by atoms with Crippen LogP contribution in [0.3, 0.4) is 0 Å². The molecule has 1 atom stereocenters. The minimum absolute atomic E-state index is 0.0812. The van der Waals surface area contributed by atoms with Crippen LogP contribution < -0.4 is 11.1 Å². The van der Waals surface area contributed by atoms with Crippen molar-refractivity contribution in [3.63, 3.8) is 0 Å². The summed E-state index contributed by atoms with van der Waals surface area (Å²) in [6, 6.07) is 5.48. The fourth-order valence-corrected chi connectivity index (χ4v) is 3.05. The molecule has 2 heterocycles. The van der Waals surface area contributed by atoms with Crippen LogP contribution in [0.4, 0.5) is 0 Å². The lowest BCUT2D eigenvalue weighted by atomic mass is 9.80. The molecule has 1 amide bonds. The van der Waals surface area contributed by atoms with Gasteiger partial charge in [-0.2, -0.15) is 0 Å². The quantitative estimate of drug-likeness (QED) is 0.794. The zero-order valence-corrected chi connectivity index (χ0v) is 11.9. The van der Waals surface area contributed by atoms with Crippen LogP contribution in [0.1, 0.15) is 42.9 Å². The summed E-state index contributed by atoms with van der Waals surface area (Å²) in [6.45, 7) is 5.42. The highest BCUT2D eigenvalue weighted by Crippen LogP contribution is 2.36. The largest absolute Gasteiger partial charge is 0.366 e. The van der Waals surface area contributed by atoms with Gasteiger partial charge in [0.2, 0.25) is 0 Å². The first-order valence-corrected chi connectivity index (χ1v) is 7.06. The molecular formula is C15H20N4O. The van der Waals surface area contributed by atoms with Crippen LogP contribution in [0.15, 0.2) is 18.2 Å². The molecule has 1 aliphatic rings. The molecule has 1 aromatic heterocycles. The normalized spacial score (nSPS) is 22.1. The molecule has 5 nitrogen and oxygen atoms in total. The molecule has 1 unspecified atom stereocenters. The predicted molar refractivity (Wildman–Crippen MR) is 78.4 cm³/mol. The molecule has 20 heavy (non-hydrogen) atoms. The SMILES string of the molecule is CC(C)CC1(c2nc3c(C(N)=O)cccc3[nH]2)CCN1. The molecule has 1 saturated heterocycles. The van der Waals surface area contributed by atoms with Gasteiger partial charge in [0, 0.05) is 0 Å². The van der Waals surface area contributed by atoms with Gasteiger partial charge < -0.3 is 16.0 Å². The van der Waals surface area contributed by atoms with E-state index in [1.165, 1.54) is 0 Å². The fraction of sp³-hybridized carbons (Fsp3) is 0.467. The molecule has 0 radical (unpaired) electrons. The van der Waals surface area contributed by atoms with Crippen LogP contribution in [0.2, 0.25) is 0 Å². The summed E-state index contributed by atoms with van der Waals surface area (Å²) in [7, 11) is 0. The molecule has 4 N–H and O–H groups in total. The molecular weight excluding hydrogens is 252 g/mol. The van der Waals surface area contributed by atoms with E-state index in [1.54, 1.807) is 6.07 Å². The van der Waals surface area contributed by atoms with Crippen molar-refractivity contribution in [2.24, 2.45) is 11.7 Å². The number of hydrogen-bond acceptors (Lipinski definition) is 3. The minimum atomic E-state index is -0.437. The standard InChI is InChI=1S/C15H20N4O/c1-9(2)8-15(6-7-17-15)14-18-11-5-3-4-10(13(16)20)12(11)19-14/h3-5,9,17H,6-8H2,1-2H3,(H2,16,20)(H,18,19). The number of hydrogen-bond donors (Lipinski definition) is 3. The Morgan fingerprint density at radius 1 is 1.50 bits per heavy atom. The molecule has 0 saturated carbocycles. The Morgan fingerprint density at radius 2 is 2.25 bits per heavy atom. The van der Waals surface area contributed by atoms with E-state index in [4.69, 9.17) is 5.73 Å². The second-order valence-electron chi connectivity index (χ2n) is 6.01. The molecule has 5 heteroatoms. The Bertz CT molecular complexity index is 655. The fourth-order valence-electron chi connectivity index (χ4n) is 3.05. The van der Waals surface area contributed by atoms with Crippen molar-refractivity contribution < 1.29 is 4.79 Å². The Balaban J connectivity index is 2.09. The number of nitrogens with two attached hydrogens (primary N) is 1. The maximum Gasteiger partial charge on any atom is 0.250 e. The number of primary amides is 1. The summed E-state index contributed by atoms with van der Waals surface area (Å²) < 4.78 is 0. The lowest BCUT2D eigenvalue weighted by Gasteiger charge is -2.43. The van der Waals surface area contributed by atoms with E-state index >= 15 is 0 Å². The number of amides is 1. The topological polar surface area (TPSA) is 83.8 Å². The van der Waals surface area contributed by atoms with Crippen molar-refractivity contribution in [1.29, 1.82) is 0 Å². The Hall–Kier alpha value is -1.88. The van der Waals surface area contributed by atoms with Gasteiger partial charge in [0.1, 0.15) is 11.3 Å². The van der Waals surface area contributed by atoms with E-state index in [2.05, 4.69) is 29.1 Å². The predicted octanol–water partition coefficient (Wildman–Crippen LogP) is 1.90. The lowest BCUT2D eigenvalue weighted by molar-refractivity contribution is 0.100. The summed E-state index contributed by atoms with van der Waals surface area (Å²) in [6.07, 6.45) is 2.09. The number of aromatic amines is 1. The van der Waals surface area contributed by atoms with Gasteiger partial charge in [0.15, 0.2) is 0 Å². The van der Waals surface area contributed by atoms with E-state index in [0.29, 0.717) is 17.0 Å². The van der Waals surface area contributed by atoms with Crippen molar-refractivity contribution in [3.05, 3.63) is 29.6 Å². The summed E-state index contributed by atoms with van der Waals surface area (Å²) in [5.74, 6) is 1.06. The first kappa shape index (κ1) is 13.1. The van der Waals surface area contributed by atoms with E-state index in [1.807, 2.05) is 12.1 Å². The van der Waals surface area contributed by atoms with Crippen molar-refractivity contribution in [2.75, 3.05) is 6.54 Å². The van der Waals surface area contributed by atoms with Crippen molar-refractivity contribution >= 4 is 16.9 Å². The summed E-state index contributed by atoms with van der Waals surface area (Å²) in [5, 5.41) is 3.51. The van der Waals surface area contributed by atoms with E-state index in [0.717, 1.165) is 30.7 Å². The van der Waals surface area contributed by atoms with Crippen LogP contribution >= 0.6 is 0 Å². The smallest absolute Gasteiger partial charge is 0.250 e. The van der Waals surface area contributed by atoms with Crippen LogP contribution in [-0.2, 0) is 5.54 Å². The highest BCUT2D eigenvalue weighted by Gasteiger charge is 2.41. The summed E-state index contributed by atoms with van der Waals surface area (Å²) >= 11 is 0. The van der Waals surface area contributed by atoms with Crippen LogP contribution in [0.5, 0.6) is 0 Å². The third-order valence-electron chi connectivity index (χ3n) is 4.00. The number of fused-ring (bicyclic) bond motifs is 1. The van der Waals surface area contributed by atoms with Gasteiger partial charge in [0.25, 0.3) is 5.91 Å². The minimum Gasteiger partial charge on any atom is -0.366 e. The van der Waals surface area contributed by atoms with Crippen molar-refractivity contribution in [3.8, 4) is 0 Å². The average Bonchev–Trinajstić information content (AvgIpc) is 2.76. The molecule has 106 valence electrons. The molecule has 2 aromatic rings. The molecule has 1 fully saturated rings. The number of H-pyrrole nitrogens is 1. The molecule has 3 rings (SSSR count). The Kier molecular flexibility index (Phi) is 3.01. The first-order valence-electron chi connectivity index (χ1n) is 7.06. The number of nitrogens with one attached hydrogen (secondary N) is 2. The maximum atomic E-state index is 11.5. The maximum absolute atomic E-state index is 11.5. The average molecular weight is 272 g/mol. The number of carbonyl (C=O) groups is 1. The van der Waals surface area contributed by atoms with Gasteiger partial charge in [-0.3, -0.25) is 4.79 Å². The second kappa shape index (κ2) is 4.59. The molecule has 1 aliphatic heterocycles. The number of benzene rings is 1. The molecule has 0 aliphatic carbocycles. The zero-order chi connectivity index (χ0) is 14.3. The second-order valence-corrected chi connectivity index (χ2v) is 6.01. The number of para-hydroxylation sites is 1. The third kappa shape index (κ3) is 1.98. The van der Waals surface area contributed by atoms with Gasteiger partial charge in [-0.05, 0) is 37.4 Å². The molecule has 1 aromatic carbocycles. The third-order valence-corrected chi connectivity index (χ3v) is 4.00. The van der Waals surface area contributed by atoms with Gasteiger partial charge in [-0.25, -0.2) is 4.98 Å². The van der Waals surface area contributed by atoms with E-state index in [9.17, 15) is 4.79 Å². The van der Waals surface area contributed by atoms with Crippen LogP contribution in [0.25, 0.3) is 11.0 Å². The van der Waals surface area contributed by atoms with Crippen molar-refractivity contribution in [1.82, 2.24) is 15.3 Å². The summed E-state index contributed by atoms with van der Waals surface area (Å²) in [5.41, 5.74) is 7.35. The number of nitrogens with zero attached hydrogens (tertiary/aromatic N) is 1. The van der Waals surface area contributed by atoms with E-state index < -0.39 is 5.91 Å². The number of aromatic nitrogens is 2. The highest BCUT2D eigenvalue weighted by atomic mass is 16.1.